The summed E-state index contributed by atoms with van der Waals surface area (Å²) < 4.78 is 6.09. The van der Waals surface area contributed by atoms with Crippen LogP contribution in [0, 0.1) is 0 Å². The molecule has 2 aromatic heterocycles. The summed E-state index contributed by atoms with van der Waals surface area (Å²) >= 11 is 1.51. The molecule has 1 atom stereocenters. The maximum atomic E-state index is 4.35. The SMILES string of the molecule is CCCNC(Cc1cnn(CC)c1)c1snnc1CC. The molecule has 0 saturated heterocycles. The third-order valence-electron chi connectivity index (χ3n) is 3.33. The fourth-order valence-electron chi connectivity index (χ4n) is 2.22. The molecule has 0 aliphatic carbocycles. The standard InChI is InChI=1S/C14H23N5S/c1-4-7-15-13(14-12(5-2)17-18-20-14)8-11-9-16-19(6-3)10-11/h9-10,13,15H,4-8H2,1-3H3. The van der Waals surface area contributed by atoms with Gasteiger partial charge in [-0.15, -0.1) is 5.10 Å². The number of nitrogens with zero attached hydrogens (tertiary/aromatic N) is 4. The van der Waals surface area contributed by atoms with Crippen LogP contribution in [-0.4, -0.2) is 25.9 Å². The van der Waals surface area contributed by atoms with Crippen LogP contribution in [0.15, 0.2) is 12.4 Å². The molecule has 2 rings (SSSR count). The monoisotopic (exact) mass is 293 g/mol. The summed E-state index contributed by atoms with van der Waals surface area (Å²) in [6.07, 6.45) is 7.09. The number of hydrogen-bond acceptors (Lipinski definition) is 5. The van der Waals surface area contributed by atoms with E-state index >= 15 is 0 Å². The number of hydrogen-bond donors (Lipinski definition) is 1. The molecule has 5 nitrogen and oxygen atoms in total. The van der Waals surface area contributed by atoms with E-state index in [1.807, 2.05) is 10.9 Å². The zero-order valence-electron chi connectivity index (χ0n) is 12.5. The molecule has 0 fully saturated rings. The van der Waals surface area contributed by atoms with Crippen molar-refractivity contribution in [1.82, 2.24) is 24.7 Å². The Bertz CT molecular complexity index is 519. The predicted molar refractivity (Wildman–Crippen MR) is 81.9 cm³/mol. The molecule has 1 N–H and O–H groups in total. The molecular weight excluding hydrogens is 270 g/mol. The maximum Gasteiger partial charge on any atom is 0.0801 e. The third-order valence-corrected chi connectivity index (χ3v) is 4.21. The van der Waals surface area contributed by atoms with Gasteiger partial charge in [-0.05, 0) is 49.8 Å². The highest BCUT2D eigenvalue weighted by molar-refractivity contribution is 7.05. The second kappa shape index (κ2) is 7.50. The minimum atomic E-state index is 0.291. The van der Waals surface area contributed by atoms with E-state index < -0.39 is 0 Å². The minimum Gasteiger partial charge on any atom is -0.309 e. The van der Waals surface area contributed by atoms with Crippen LogP contribution in [0.2, 0.25) is 0 Å². The number of nitrogens with one attached hydrogen (secondary N) is 1. The highest BCUT2D eigenvalue weighted by Crippen LogP contribution is 2.24. The van der Waals surface area contributed by atoms with Gasteiger partial charge in [0.1, 0.15) is 0 Å². The Kier molecular flexibility index (Phi) is 5.67. The predicted octanol–water partition coefficient (Wildman–Crippen LogP) is 2.60. The molecule has 0 spiro atoms. The van der Waals surface area contributed by atoms with E-state index in [0.717, 1.165) is 38.0 Å². The molecule has 6 heteroatoms. The molecule has 110 valence electrons. The summed E-state index contributed by atoms with van der Waals surface area (Å²) in [7, 11) is 0. The van der Waals surface area contributed by atoms with Crippen molar-refractivity contribution in [2.24, 2.45) is 0 Å². The first-order valence-electron chi connectivity index (χ1n) is 7.34. The van der Waals surface area contributed by atoms with Crippen LogP contribution in [0.5, 0.6) is 0 Å². The van der Waals surface area contributed by atoms with E-state index in [9.17, 15) is 0 Å². The molecule has 0 aliphatic rings. The molecule has 0 bridgehead atoms. The first kappa shape index (κ1) is 15.1. The van der Waals surface area contributed by atoms with Gasteiger partial charge in [0.15, 0.2) is 0 Å². The van der Waals surface area contributed by atoms with Crippen LogP contribution < -0.4 is 5.32 Å². The molecular formula is C14H23N5S. The molecule has 1 unspecified atom stereocenters. The smallest absolute Gasteiger partial charge is 0.0801 e. The van der Waals surface area contributed by atoms with Crippen molar-refractivity contribution in [2.45, 2.75) is 52.6 Å². The summed E-state index contributed by atoms with van der Waals surface area (Å²) in [4.78, 5) is 1.27. The fraction of sp³-hybridized carbons (Fsp3) is 0.643. The van der Waals surface area contributed by atoms with Crippen LogP contribution in [0.1, 0.15) is 49.4 Å². The summed E-state index contributed by atoms with van der Waals surface area (Å²) in [5.41, 5.74) is 2.38. The zero-order chi connectivity index (χ0) is 14.4. The van der Waals surface area contributed by atoms with Crippen molar-refractivity contribution in [3.05, 3.63) is 28.5 Å². The van der Waals surface area contributed by atoms with Crippen molar-refractivity contribution >= 4 is 11.5 Å². The van der Waals surface area contributed by atoms with Crippen molar-refractivity contribution in [3.8, 4) is 0 Å². The van der Waals surface area contributed by atoms with E-state index in [1.54, 1.807) is 0 Å². The van der Waals surface area contributed by atoms with Gasteiger partial charge in [-0.1, -0.05) is 18.3 Å². The van der Waals surface area contributed by atoms with E-state index in [4.69, 9.17) is 0 Å². The maximum absolute atomic E-state index is 4.35. The Morgan fingerprint density at radius 3 is 2.85 bits per heavy atom. The first-order valence-corrected chi connectivity index (χ1v) is 8.11. The summed E-state index contributed by atoms with van der Waals surface area (Å²) in [6.45, 7) is 8.34. The lowest BCUT2D eigenvalue weighted by Crippen LogP contribution is -2.24. The molecule has 0 aliphatic heterocycles. The summed E-state index contributed by atoms with van der Waals surface area (Å²) in [5, 5.41) is 12.2. The van der Waals surface area contributed by atoms with Crippen LogP contribution >= 0.6 is 11.5 Å². The largest absolute Gasteiger partial charge is 0.309 e. The Morgan fingerprint density at radius 1 is 1.35 bits per heavy atom. The lowest BCUT2D eigenvalue weighted by atomic mass is 10.1. The Labute approximate surface area is 124 Å². The Morgan fingerprint density at radius 2 is 2.20 bits per heavy atom. The number of rotatable bonds is 8. The second-order valence-corrected chi connectivity index (χ2v) is 5.64. The summed E-state index contributed by atoms with van der Waals surface area (Å²) in [5.74, 6) is 0. The van der Waals surface area contributed by atoms with Gasteiger partial charge in [0.25, 0.3) is 0 Å². The second-order valence-electron chi connectivity index (χ2n) is 4.85. The normalized spacial score (nSPS) is 12.8. The lowest BCUT2D eigenvalue weighted by molar-refractivity contribution is 0.532. The highest BCUT2D eigenvalue weighted by atomic mass is 32.1. The van der Waals surface area contributed by atoms with Crippen LogP contribution in [-0.2, 0) is 19.4 Å². The van der Waals surface area contributed by atoms with Gasteiger partial charge in [-0.25, -0.2) is 0 Å². The van der Waals surface area contributed by atoms with Crippen LogP contribution in [0.25, 0.3) is 0 Å². The highest BCUT2D eigenvalue weighted by Gasteiger charge is 2.19. The fourth-order valence-corrected chi connectivity index (χ4v) is 3.03. The summed E-state index contributed by atoms with van der Waals surface area (Å²) in [6, 6.07) is 0.291. The van der Waals surface area contributed by atoms with Gasteiger partial charge in [0.2, 0.25) is 0 Å². The molecule has 0 amide bonds. The first-order chi connectivity index (χ1) is 9.78. The van der Waals surface area contributed by atoms with Gasteiger partial charge in [0.05, 0.1) is 16.8 Å². The van der Waals surface area contributed by atoms with Gasteiger partial charge in [-0.2, -0.15) is 5.10 Å². The van der Waals surface area contributed by atoms with Gasteiger partial charge in [-0.3, -0.25) is 4.68 Å². The third kappa shape index (κ3) is 3.64. The average molecular weight is 293 g/mol. The van der Waals surface area contributed by atoms with Crippen molar-refractivity contribution in [3.63, 3.8) is 0 Å². The lowest BCUT2D eigenvalue weighted by Gasteiger charge is -2.16. The topological polar surface area (TPSA) is 55.6 Å². The molecule has 0 radical (unpaired) electrons. The van der Waals surface area contributed by atoms with E-state index in [0.29, 0.717) is 6.04 Å². The van der Waals surface area contributed by atoms with E-state index in [1.165, 1.54) is 22.0 Å². The van der Waals surface area contributed by atoms with Crippen LogP contribution in [0.3, 0.4) is 0 Å². The van der Waals surface area contributed by atoms with Crippen molar-refractivity contribution in [1.29, 1.82) is 0 Å². The zero-order valence-corrected chi connectivity index (χ0v) is 13.3. The van der Waals surface area contributed by atoms with E-state index in [-0.39, 0.29) is 0 Å². The Balaban J connectivity index is 2.14. The van der Waals surface area contributed by atoms with E-state index in [2.05, 4.69) is 47.0 Å². The molecule has 0 aromatic carbocycles. The van der Waals surface area contributed by atoms with Crippen molar-refractivity contribution < 1.29 is 0 Å². The minimum absolute atomic E-state index is 0.291. The van der Waals surface area contributed by atoms with Crippen molar-refractivity contribution in [2.75, 3.05) is 6.54 Å². The Hall–Kier alpha value is -1.27. The number of aryl methyl sites for hydroxylation is 2. The average Bonchev–Trinajstić information content (AvgIpc) is 3.11. The molecule has 2 aromatic rings. The van der Waals surface area contributed by atoms with Gasteiger partial charge in [0, 0.05) is 18.8 Å². The quantitative estimate of drug-likeness (QED) is 0.813. The van der Waals surface area contributed by atoms with Gasteiger partial charge >= 0.3 is 0 Å². The number of aromatic nitrogens is 4. The van der Waals surface area contributed by atoms with Gasteiger partial charge < -0.3 is 5.32 Å². The molecule has 2 heterocycles. The van der Waals surface area contributed by atoms with Crippen LogP contribution in [0.4, 0.5) is 0 Å². The molecule has 0 saturated carbocycles. The molecule has 20 heavy (non-hydrogen) atoms.